The Morgan fingerprint density at radius 3 is 1.43 bits per heavy atom. The summed E-state index contributed by atoms with van der Waals surface area (Å²) in [6.07, 6.45) is 13.4. The van der Waals surface area contributed by atoms with Gasteiger partial charge in [-0.25, -0.2) is 0 Å². The molecule has 172 valence electrons. The van der Waals surface area contributed by atoms with E-state index in [-0.39, 0.29) is 36.2 Å². The van der Waals surface area contributed by atoms with E-state index in [0.717, 1.165) is 77.0 Å². The van der Waals surface area contributed by atoms with Gasteiger partial charge in [0.15, 0.2) is 0 Å². The van der Waals surface area contributed by atoms with Crippen molar-refractivity contribution in [1.82, 2.24) is 10.6 Å². The SMILES string of the molecule is CC1NC2CCCCCC(=O)OC3CCC(CCCCCC(=O)OC1CC2)NC3C. The van der Waals surface area contributed by atoms with Gasteiger partial charge >= 0.3 is 11.9 Å². The third-order valence-corrected chi connectivity index (χ3v) is 7.14. The van der Waals surface area contributed by atoms with Gasteiger partial charge in [0, 0.05) is 37.0 Å². The second-order valence-corrected chi connectivity index (χ2v) is 9.71. The van der Waals surface area contributed by atoms with Crippen molar-refractivity contribution >= 4 is 11.9 Å². The molecule has 6 unspecified atom stereocenters. The van der Waals surface area contributed by atoms with Crippen molar-refractivity contribution in [2.75, 3.05) is 0 Å². The molecule has 0 amide bonds. The minimum atomic E-state index is -0.0386. The quantitative estimate of drug-likeness (QED) is 0.575. The zero-order valence-electron chi connectivity index (χ0n) is 19.0. The van der Waals surface area contributed by atoms with Crippen LogP contribution in [0.2, 0.25) is 0 Å². The highest BCUT2D eigenvalue weighted by Crippen LogP contribution is 2.23. The summed E-state index contributed by atoms with van der Waals surface area (Å²) in [5.74, 6) is -0.0772. The predicted octanol–water partition coefficient (Wildman–Crippen LogP) is 4.01. The molecule has 0 aliphatic carbocycles. The van der Waals surface area contributed by atoms with Gasteiger partial charge in [0.05, 0.1) is 0 Å². The Hall–Kier alpha value is -1.14. The fourth-order valence-corrected chi connectivity index (χ4v) is 5.26. The van der Waals surface area contributed by atoms with Crippen LogP contribution >= 0.6 is 0 Å². The monoisotopic (exact) mass is 422 g/mol. The minimum Gasteiger partial charge on any atom is -0.461 e. The first-order valence-electron chi connectivity index (χ1n) is 12.4. The molecular weight excluding hydrogens is 380 g/mol. The van der Waals surface area contributed by atoms with Crippen molar-refractivity contribution in [3.8, 4) is 0 Å². The van der Waals surface area contributed by atoms with E-state index in [1.807, 2.05) is 0 Å². The Bertz CT molecular complexity index is 507. The van der Waals surface area contributed by atoms with Crippen molar-refractivity contribution in [3.05, 3.63) is 0 Å². The highest BCUT2D eigenvalue weighted by atomic mass is 16.5. The van der Waals surface area contributed by atoms with Crippen molar-refractivity contribution in [1.29, 1.82) is 0 Å². The zero-order chi connectivity index (χ0) is 21.3. The first-order valence-corrected chi connectivity index (χ1v) is 12.4. The number of ether oxygens (including phenoxy) is 2. The van der Waals surface area contributed by atoms with Crippen molar-refractivity contribution in [2.24, 2.45) is 0 Å². The third kappa shape index (κ3) is 7.52. The van der Waals surface area contributed by atoms with E-state index in [1.165, 1.54) is 0 Å². The molecule has 4 bridgehead atoms. The highest BCUT2D eigenvalue weighted by Gasteiger charge is 2.30. The molecule has 0 aromatic heterocycles. The first-order chi connectivity index (χ1) is 14.5. The van der Waals surface area contributed by atoms with Gasteiger partial charge in [0.2, 0.25) is 0 Å². The van der Waals surface area contributed by atoms with Crippen LogP contribution in [0.15, 0.2) is 0 Å². The molecule has 0 spiro atoms. The molecule has 0 radical (unpaired) electrons. The highest BCUT2D eigenvalue weighted by molar-refractivity contribution is 5.69. The summed E-state index contributed by atoms with van der Waals surface area (Å²) in [7, 11) is 0. The lowest BCUT2D eigenvalue weighted by Gasteiger charge is -2.35. The maximum Gasteiger partial charge on any atom is 0.306 e. The summed E-state index contributed by atoms with van der Waals surface area (Å²) < 4.78 is 11.5. The fraction of sp³-hybridized carbons (Fsp3) is 0.917. The van der Waals surface area contributed by atoms with E-state index in [9.17, 15) is 9.59 Å². The second-order valence-electron chi connectivity index (χ2n) is 9.71. The van der Waals surface area contributed by atoms with Gasteiger partial charge in [0.1, 0.15) is 12.2 Å². The van der Waals surface area contributed by atoms with E-state index in [1.54, 1.807) is 0 Å². The number of piperidine rings is 2. The molecule has 6 nitrogen and oxygen atoms in total. The summed E-state index contributed by atoms with van der Waals surface area (Å²) in [5.41, 5.74) is 0. The summed E-state index contributed by atoms with van der Waals surface area (Å²) in [5, 5.41) is 7.26. The molecule has 6 heteroatoms. The Morgan fingerprint density at radius 1 is 0.600 bits per heavy atom. The fourth-order valence-electron chi connectivity index (χ4n) is 5.26. The Morgan fingerprint density at radius 2 is 1.03 bits per heavy atom. The maximum absolute atomic E-state index is 12.3. The van der Waals surface area contributed by atoms with E-state index in [2.05, 4.69) is 24.5 Å². The molecule has 6 aliphatic heterocycles. The molecule has 6 heterocycles. The molecule has 2 N–H and O–H groups in total. The predicted molar refractivity (Wildman–Crippen MR) is 117 cm³/mol. The average molecular weight is 423 g/mol. The normalized spacial score (nSPS) is 38.2. The maximum atomic E-state index is 12.3. The topological polar surface area (TPSA) is 76.7 Å². The number of rotatable bonds is 0. The van der Waals surface area contributed by atoms with Crippen LogP contribution < -0.4 is 10.6 Å². The van der Waals surface area contributed by atoms with Crippen molar-refractivity contribution < 1.29 is 19.1 Å². The van der Waals surface area contributed by atoms with Gasteiger partial charge < -0.3 is 20.1 Å². The van der Waals surface area contributed by atoms with Crippen LogP contribution in [0.4, 0.5) is 0 Å². The molecular formula is C24H42N2O4. The molecule has 6 saturated heterocycles. The van der Waals surface area contributed by atoms with Gasteiger partial charge in [-0.15, -0.1) is 0 Å². The van der Waals surface area contributed by atoms with E-state index >= 15 is 0 Å². The first kappa shape index (κ1) is 23.5. The van der Waals surface area contributed by atoms with E-state index in [0.29, 0.717) is 24.9 Å². The number of hydrogen-bond donors (Lipinski definition) is 2. The molecule has 0 aromatic rings. The molecule has 0 aromatic carbocycles. The largest absolute Gasteiger partial charge is 0.461 e. The Labute approximate surface area is 182 Å². The van der Waals surface area contributed by atoms with E-state index in [4.69, 9.17) is 9.47 Å². The van der Waals surface area contributed by atoms with Crippen LogP contribution in [0.3, 0.4) is 0 Å². The standard InChI is InChI=1S/C24H42N2O4/c1-17-21-15-13-19(25-17)9-5-3-8-12-24(28)30-22-16-14-20(26-18(22)2)10-6-4-7-11-23(27)29-21/h17-22,25-26H,3-16H2,1-2H3. The summed E-state index contributed by atoms with van der Waals surface area (Å²) in [4.78, 5) is 24.5. The van der Waals surface area contributed by atoms with Gasteiger partial charge in [0.25, 0.3) is 0 Å². The Kier molecular flexibility index (Phi) is 9.44. The van der Waals surface area contributed by atoms with Crippen LogP contribution in [-0.4, -0.2) is 48.3 Å². The van der Waals surface area contributed by atoms with Crippen LogP contribution in [-0.2, 0) is 19.1 Å². The van der Waals surface area contributed by atoms with Crippen LogP contribution in [0.5, 0.6) is 0 Å². The van der Waals surface area contributed by atoms with Crippen molar-refractivity contribution in [3.63, 3.8) is 0 Å². The third-order valence-electron chi connectivity index (χ3n) is 7.14. The number of hydrogen-bond acceptors (Lipinski definition) is 6. The molecule has 30 heavy (non-hydrogen) atoms. The van der Waals surface area contributed by atoms with Crippen LogP contribution in [0.25, 0.3) is 0 Å². The molecule has 6 fully saturated rings. The summed E-state index contributed by atoms with van der Waals surface area (Å²) >= 11 is 0. The number of nitrogens with one attached hydrogen (secondary N) is 2. The van der Waals surface area contributed by atoms with Gasteiger partial charge in [-0.05, 0) is 65.2 Å². The number of carbonyl (C=O) groups excluding carboxylic acids is 2. The smallest absolute Gasteiger partial charge is 0.306 e. The average Bonchev–Trinajstić information content (AvgIpc) is 2.71. The van der Waals surface area contributed by atoms with Gasteiger partial charge in [-0.3, -0.25) is 9.59 Å². The summed E-state index contributed by atoms with van der Waals surface area (Å²) in [6, 6.07) is 1.40. The summed E-state index contributed by atoms with van der Waals surface area (Å²) in [6.45, 7) is 4.25. The van der Waals surface area contributed by atoms with Crippen LogP contribution in [0.1, 0.15) is 104 Å². The second kappa shape index (κ2) is 12.0. The van der Waals surface area contributed by atoms with E-state index < -0.39 is 0 Å². The molecule has 6 atom stereocenters. The van der Waals surface area contributed by atoms with Crippen LogP contribution in [0, 0.1) is 0 Å². The molecule has 0 saturated carbocycles. The lowest BCUT2D eigenvalue weighted by molar-refractivity contribution is -0.153. The molecule has 6 aliphatic rings. The van der Waals surface area contributed by atoms with Gasteiger partial charge in [-0.2, -0.15) is 0 Å². The number of carbonyl (C=O) groups is 2. The lowest BCUT2D eigenvalue weighted by Crippen LogP contribution is -2.50. The van der Waals surface area contributed by atoms with Gasteiger partial charge in [-0.1, -0.05) is 25.7 Å². The number of esters is 2. The zero-order valence-corrected chi connectivity index (χ0v) is 19.0. The lowest BCUT2D eigenvalue weighted by atomic mass is 9.92. The van der Waals surface area contributed by atoms with Crippen molar-refractivity contribution in [2.45, 2.75) is 140 Å². The Balaban J connectivity index is 1.50. The minimum absolute atomic E-state index is 0.00208. The molecule has 6 rings (SSSR count).